The molecule has 0 saturated carbocycles. The third kappa shape index (κ3) is 7.33. The van der Waals surface area contributed by atoms with Crippen LogP contribution in [0.2, 0.25) is 5.02 Å². The van der Waals surface area contributed by atoms with Crippen molar-refractivity contribution in [1.82, 2.24) is 5.43 Å². The van der Waals surface area contributed by atoms with Gasteiger partial charge in [0, 0.05) is 10.6 Å². The number of carbonyl (C=O) groups excluding carboxylic acids is 1. The highest BCUT2D eigenvalue weighted by atomic mass is 35.5. The number of nitrogens with one attached hydrogen (secondary N) is 1. The molecule has 1 amide bonds. The molecule has 9 heteroatoms. The number of halogens is 1. The standard InChI is InChI=1S/C25H26ClN3O4S/c1-18-12-19(2)14-22(13-18)29(34(3,31)32)16-25(30)28-27-15-20-8-10-23(11-9-20)33-17-21-6-4-5-7-24(21)26/h4-15H,16-17H2,1-3H3,(H,28,30)/b27-15-. The highest BCUT2D eigenvalue weighted by Gasteiger charge is 2.21. The normalized spacial score (nSPS) is 11.4. The van der Waals surface area contributed by atoms with Gasteiger partial charge in [0.05, 0.1) is 18.2 Å². The average Bonchev–Trinajstić information content (AvgIpc) is 2.76. The summed E-state index contributed by atoms with van der Waals surface area (Å²) in [7, 11) is -3.66. The number of aryl methyl sites for hydroxylation is 2. The SMILES string of the molecule is Cc1cc(C)cc(N(CC(=O)N/N=C\c2ccc(OCc3ccccc3Cl)cc2)S(C)(=O)=O)c1. The van der Waals surface area contributed by atoms with Crippen LogP contribution in [-0.4, -0.2) is 33.3 Å². The summed E-state index contributed by atoms with van der Waals surface area (Å²) in [5.74, 6) is 0.110. The average molecular weight is 500 g/mol. The molecule has 3 aromatic carbocycles. The van der Waals surface area contributed by atoms with Gasteiger partial charge < -0.3 is 4.74 Å². The van der Waals surface area contributed by atoms with E-state index in [4.69, 9.17) is 16.3 Å². The van der Waals surface area contributed by atoms with Crippen molar-refractivity contribution in [3.63, 3.8) is 0 Å². The molecular formula is C25H26ClN3O4S. The van der Waals surface area contributed by atoms with Gasteiger partial charge in [-0.1, -0.05) is 35.9 Å². The van der Waals surface area contributed by atoms with E-state index in [1.165, 1.54) is 6.21 Å². The van der Waals surface area contributed by atoms with Crippen molar-refractivity contribution < 1.29 is 17.9 Å². The molecule has 0 aromatic heterocycles. The number of nitrogens with zero attached hydrogens (tertiary/aromatic N) is 2. The van der Waals surface area contributed by atoms with Gasteiger partial charge in [-0.05, 0) is 73.0 Å². The molecule has 0 heterocycles. The summed E-state index contributed by atoms with van der Waals surface area (Å²) in [5.41, 5.74) is 6.25. The van der Waals surface area contributed by atoms with Crippen LogP contribution < -0.4 is 14.5 Å². The fraction of sp³-hybridized carbons (Fsp3) is 0.200. The lowest BCUT2D eigenvalue weighted by atomic mass is 10.1. The van der Waals surface area contributed by atoms with Crippen LogP contribution in [-0.2, 0) is 21.4 Å². The zero-order valence-electron chi connectivity index (χ0n) is 19.2. The number of hydrogen-bond donors (Lipinski definition) is 1. The monoisotopic (exact) mass is 499 g/mol. The first-order valence-electron chi connectivity index (χ1n) is 10.5. The van der Waals surface area contributed by atoms with Crippen molar-refractivity contribution in [3.05, 3.63) is 94.0 Å². The molecule has 7 nitrogen and oxygen atoms in total. The maximum atomic E-state index is 12.4. The summed E-state index contributed by atoms with van der Waals surface area (Å²) in [6.45, 7) is 3.71. The van der Waals surface area contributed by atoms with E-state index in [9.17, 15) is 13.2 Å². The first-order valence-corrected chi connectivity index (χ1v) is 12.7. The number of hydrazone groups is 1. The summed E-state index contributed by atoms with van der Waals surface area (Å²) in [6, 6.07) is 20.0. The summed E-state index contributed by atoms with van der Waals surface area (Å²) < 4.78 is 31.3. The minimum absolute atomic E-state index is 0.348. The van der Waals surface area contributed by atoms with Crippen molar-refractivity contribution in [2.75, 3.05) is 17.1 Å². The molecule has 1 N–H and O–H groups in total. The van der Waals surface area contributed by atoms with E-state index < -0.39 is 15.9 Å². The number of benzene rings is 3. The fourth-order valence-corrected chi connectivity index (χ4v) is 4.30. The zero-order valence-corrected chi connectivity index (χ0v) is 20.7. The quantitative estimate of drug-likeness (QED) is 0.348. The van der Waals surface area contributed by atoms with Crippen LogP contribution in [0.3, 0.4) is 0 Å². The largest absolute Gasteiger partial charge is 0.489 e. The van der Waals surface area contributed by atoms with Crippen LogP contribution in [0.15, 0.2) is 71.8 Å². The third-order valence-electron chi connectivity index (χ3n) is 4.82. The van der Waals surface area contributed by atoms with Crippen LogP contribution in [0.4, 0.5) is 5.69 Å². The highest BCUT2D eigenvalue weighted by molar-refractivity contribution is 7.92. The molecule has 0 radical (unpaired) electrons. The molecule has 34 heavy (non-hydrogen) atoms. The minimum Gasteiger partial charge on any atom is -0.489 e. The first-order chi connectivity index (χ1) is 16.1. The molecule has 0 spiro atoms. The van der Waals surface area contributed by atoms with E-state index in [1.54, 1.807) is 36.4 Å². The zero-order chi connectivity index (χ0) is 24.7. The molecule has 3 rings (SSSR count). The minimum atomic E-state index is -3.66. The molecule has 0 bridgehead atoms. The van der Waals surface area contributed by atoms with E-state index >= 15 is 0 Å². The smallest absolute Gasteiger partial charge is 0.260 e. The van der Waals surface area contributed by atoms with Crippen molar-refractivity contribution in [2.45, 2.75) is 20.5 Å². The number of ether oxygens (including phenoxy) is 1. The lowest BCUT2D eigenvalue weighted by Crippen LogP contribution is -2.39. The Bertz CT molecular complexity index is 1270. The maximum absolute atomic E-state index is 12.4. The Morgan fingerprint density at radius 3 is 2.32 bits per heavy atom. The lowest BCUT2D eigenvalue weighted by molar-refractivity contribution is -0.119. The van der Waals surface area contributed by atoms with Crippen molar-refractivity contribution >= 4 is 39.4 Å². The number of hydrogen-bond acceptors (Lipinski definition) is 5. The van der Waals surface area contributed by atoms with Crippen LogP contribution in [0.1, 0.15) is 22.3 Å². The van der Waals surface area contributed by atoms with Gasteiger partial charge in [0.25, 0.3) is 5.91 Å². The van der Waals surface area contributed by atoms with Gasteiger partial charge in [0.15, 0.2) is 0 Å². The van der Waals surface area contributed by atoms with E-state index in [-0.39, 0.29) is 6.54 Å². The van der Waals surface area contributed by atoms with Crippen LogP contribution >= 0.6 is 11.6 Å². The number of amides is 1. The summed E-state index contributed by atoms with van der Waals surface area (Å²) >= 11 is 6.14. The third-order valence-corrected chi connectivity index (χ3v) is 6.33. The molecule has 0 unspecified atom stereocenters. The molecule has 0 saturated heterocycles. The Labute approximate surface area is 205 Å². The molecule has 0 aliphatic heterocycles. The Morgan fingerprint density at radius 1 is 1.06 bits per heavy atom. The van der Waals surface area contributed by atoms with Gasteiger partial charge in [0.1, 0.15) is 18.9 Å². The maximum Gasteiger partial charge on any atom is 0.260 e. The van der Waals surface area contributed by atoms with Crippen LogP contribution in [0.5, 0.6) is 5.75 Å². The molecule has 178 valence electrons. The Morgan fingerprint density at radius 2 is 1.71 bits per heavy atom. The fourth-order valence-electron chi connectivity index (χ4n) is 3.27. The van der Waals surface area contributed by atoms with E-state index in [2.05, 4.69) is 10.5 Å². The molecule has 0 aliphatic carbocycles. The Hall–Kier alpha value is -3.36. The van der Waals surface area contributed by atoms with Crippen molar-refractivity contribution in [2.24, 2.45) is 5.10 Å². The topological polar surface area (TPSA) is 88.1 Å². The summed E-state index contributed by atoms with van der Waals surface area (Å²) in [5, 5.41) is 4.58. The van der Waals surface area contributed by atoms with Gasteiger partial charge in [-0.3, -0.25) is 9.10 Å². The van der Waals surface area contributed by atoms with E-state index in [0.717, 1.165) is 32.8 Å². The highest BCUT2D eigenvalue weighted by Crippen LogP contribution is 2.21. The summed E-state index contributed by atoms with van der Waals surface area (Å²) in [6.07, 6.45) is 2.54. The molecular weight excluding hydrogens is 474 g/mol. The summed E-state index contributed by atoms with van der Waals surface area (Å²) in [4.78, 5) is 12.4. The van der Waals surface area contributed by atoms with Crippen LogP contribution in [0, 0.1) is 13.8 Å². The second-order valence-corrected chi connectivity index (χ2v) is 10.2. The van der Waals surface area contributed by atoms with Gasteiger partial charge in [-0.2, -0.15) is 5.10 Å². The first kappa shape index (κ1) is 25.3. The van der Waals surface area contributed by atoms with E-state index in [0.29, 0.717) is 23.1 Å². The molecule has 0 atom stereocenters. The molecule has 0 aliphatic rings. The van der Waals surface area contributed by atoms with Crippen molar-refractivity contribution in [1.29, 1.82) is 0 Å². The number of anilines is 1. The van der Waals surface area contributed by atoms with Gasteiger partial charge >= 0.3 is 0 Å². The molecule has 3 aromatic rings. The second kappa shape index (κ2) is 11.2. The number of rotatable bonds is 9. The predicted molar refractivity (Wildman–Crippen MR) is 136 cm³/mol. The second-order valence-electron chi connectivity index (χ2n) is 7.86. The van der Waals surface area contributed by atoms with E-state index in [1.807, 2.05) is 44.2 Å². The van der Waals surface area contributed by atoms with Gasteiger partial charge in [-0.15, -0.1) is 0 Å². The van der Waals surface area contributed by atoms with Gasteiger partial charge in [-0.25, -0.2) is 13.8 Å². The number of sulfonamides is 1. The lowest BCUT2D eigenvalue weighted by Gasteiger charge is -2.22. The Kier molecular flexibility index (Phi) is 8.31. The Balaban J connectivity index is 1.57. The predicted octanol–water partition coefficient (Wildman–Crippen LogP) is 4.45. The van der Waals surface area contributed by atoms with Crippen LogP contribution in [0.25, 0.3) is 0 Å². The number of carbonyl (C=O) groups is 1. The molecule has 0 fully saturated rings. The van der Waals surface area contributed by atoms with Gasteiger partial charge in [0.2, 0.25) is 10.0 Å². The van der Waals surface area contributed by atoms with Crippen molar-refractivity contribution in [3.8, 4) is 5.75 Å².